The van der Waals surface area contributed by atoms with E-state index >= 15 is 0 Å². The number of hydrogen-bond acceptors (Lipinski definition) is 4. The van der Waals surface area contributed by atoms with Crippen LogP contribution in [0.15, 0.2) is 0 Å². The molecule has 1 heterocycles. The third-order valence-electron chi connectivity index (χ3n) is 5.17. The van der Waals surface area contributed by atoms with E-state index in [4.69, 9.17) is 0 Å². The summed E-state index contributed by atoms with van der Waals surface area (Å²) in [4.78, 5) is 11.5. The lowest BCUT2D eigenvalue weighted by Gasteiger charge is -2.38. The Balaban J connectivity index is 2.28. The molecule has 6 heteroatoms. The van der Waals surface area contributed by atoms with Crippen molar-refractivity contribution in [2.75, 3.05) is 0 Å². The van der Waals surface area contributed by atoms with E-state index in [1.165, 1.54) is 12.8 Å². The zero-order valence-electron chi connectivity index (χ0n) is 13.5. The van der Waals surface area contributed by atoms with Gasteiger partial charge in [0.05, 0.1) is 12.0 Å². The van der Waals surface area contributed by atoms with Crippen molar-refractivity contribution in [3.8, 4) is 0 Å². The van der Waals surface area contributed by atoms with E-state index < -0.39 is 11.4 Å². The topological polar surface area (TPSA) is 80.9 Å². The Kier molecular flexibility index (Phi) is 4.35. The molecule has 2 rings (SSSR count). The lowest BCUT2D eigenvalue weighted by molar-refractivity contribution is -0.149. The molecular formula is C15H26N4O2. The molecule has 21 heavy (non-hydrogen) atoms. The van der Waals surface area contributed by atoms with Gasteiger partial charge in [0.1, 0.15) is 0 Å². The van der Waals surface area contributed by atoms with E-state index in [-0.39, 0.29) is 5.41 Å². The SMILES string of the molecule is CCC(C)(Cn1nnnc1C1CCCCC1(C)C)C(=O)O. The Bertz CT molecular complexity index is 512. The summed E-state index contributed by atoms with van der Waals surface area (Å²) in [6.07, 6.45) is 5.21. The molecule has 0 spiro atoms. The van der Waals surface area contributed by atoms with Crippen LogP contribution in [0.3, 0.4) is 0 Å². The zero-order chi connectivity index (χ0) is 15.7. The number of tetrazole rings is 1. The Morgan fingerprint density at radius 2 is 2.19 bits per heavy atom. The smallest absolute Gasteiger partial charge is 0.311 e. The monoisotopic (exact) mass is 294 g/mol. The fourth-order valence-electron chi connectivity index (χ4n) is 3.21. The molecule has 2 atom stereocenters. The van der Waals surface area contributed by atoms with E-state index in [9.17, 15) is 9.90 Å². The Labute approximate surface area is 125 Å². The molecule has 0 saturated heterocycles. The molecule has 1 aliphatic carbocycles. The average molecular weight is 294 g/mol. The number of rotatable bonds is 5. The summed E-state index contributed by atoms with van der Waals surface area (Å²) in [5.41, 5.74) is -0.667. The van der Waals surface area contributed by atoms with Crippen LogP contribution in [0.1, 0.15) is 71.5 Å². The summed E-state index contributed by atoms with van der Waals surface area (Å²) in [6, 6.07) is 0. The van der Waals surface area contributed by atoms with Gasteiger partial charge in [-0.25, -0.2) is 4.68 Å². The summed E-state index contributed by atoms with van der Waals surface area (Å²) in [7, 11) is 0. The molecule has 0 bridgehead atoms. The zero-order valence-corrected chi connectivity index (χ0v) is 13.5. The van der Waals surface area contributed by atoms with Crippen molar-refractivity contribution < 1.29 is 9.90 Å². The molecule has 118 valence electrons. The van der Waals surface area contributed by atoms with Crippen LogP contribution in [0.5, 0.6) is 0 Å². The van der Waals surface area contributed by atoms with Gasteiger partial charge >= 0.3 is 5.97 Å². The number of carboxylic acids is 1. The van der Waals surface area contributed by atoms with Crippen molar-refractivity contribution in [3.05, 3.63) is 5.82 Å². The van der Waals surface area contributed by atoms with Gasteiger partial charge in [-0.1, -0.05) is 33.6 Å². The summed E-state index contributed by atoms with van der Waals surface area (Å²) in [5.74, 6) is 0.353. The second-order valence-electron chi connectivity index (χ2n) is 7.20. The fourth-order valence-corrected chi connectivity index (χ4v) is 3.21. The quantitative estimate of drug-likeness (QED) is 0.903. The minimum Gasteiger partial charge on any atom is -0.481 e. The first kappa shape index (κ1) is 15.9. The first-order chi connectivity index (χ1) is 9.80. The minimum atomic E-state index is -0.830. The van der Waals surface area contributed by atoms with Crippen molar-refractivity contribution in [1.82, 2.24) is 20.2 Å². The Morgan fingerprint density at radius 1 is 1.48 bits per heavy atom. The van der Waals surface area contributed by atoms with E-state index in [0.717, 1.165) is 18.7 Å². The summed E-state index contributed by atoms with van der Waals surface area (Å²) < 4.78 is 1.72. The van der Waals surface area contributed by atoms with Gasteiger partial charge in [-0.05, 0) is 42.0 Å². The number of carbonyl (C=O) groups is 1. The maximum Gasteiger partial charge on any atom is 0.311 e. The molecule has 0 amide bonds. The summed E-state index contributed by atoms with van der Waals surface area (Å²) in [6.45, 7) is 8.49. The number of nitrogens with zero attached hydrogens (tertiary/aromatic N) is 4. The van der Waals surface area contributed by atoms with Gasteiger partial charge in [0.2, 0.25) is 0 Å². The standard InChI is InChI=1S/C15H26N4O2/c1-5-15(4,13(20)21)10-19-12(16-17-18-19)11-8-6-7-9-14(11,2)3/h11H,5-10H2,1-4H3,(H,20,21). The molecule has 1 saturated carbocycles. The van der Waals surface area contributed by atoms with Gasteiger partial charge in [-0.3, -0.25) is 4.79 Å². The highest BCUT2D eigenvalue weighted by Gasteiger charge is 2.39. The van der Waals surface area contributed by atoms with E-state index in [1.807, 2.05) is 6.92 Å². The number of carboxylic acid groups (broad SMARTS) is 1. The third kappa shape index (κ3) is 3.09. The van der Waals surface area contributed by atoms with Crippen molar-refractivity contribution >= 4 is 5.97 Å². The van der Waals surface area contributed by atoms with E-state index in [2.05, 4.69) is 29.4 Å². The summed E-state index contributed by atoms with van der Waals surface area (Å²) in [5, 5.41) is 21.6. The van der Waals surface area contributed by atoms with Crippen LogP contribution < -0.4 is 0 Å². The van der Waals surface area contributed by atoms with Gasteiger partial charge in [0.25, 0.3) is 0 Å². The highest BCUT2D eigenvalue weighted by Crippen LogP contribution is 2.46. The molecule has 0 radical (unpaired) electrons. The normalized spacial score (nSPS) is 24.5. The van der Waals surface area contributed by atoms with Crippen molar-refractivity contribution in [3.63, 3.8) is 0 Å². The van der Waals surface area contributed by atoms with Crippen molar-refractivity contribution in [2.45, 2.75) is 72.3 Å². The van der Waals surface area contributed by atoms with Crippen LogP contribution >= 0.6 is 0 Å². The van der Waals surface area contributed by atoms with Crippen molar-refractivity contribution in [1.29, 1.82) is 0 Å². The molecule has 2 unspecified atom stereocenters. The Morgan fingerprint density at radius 3 is 2.76 bits per heavy atom. The number of hydrogen-bond donors (Lipinski definition) is 1. The lowest BCUT2D eigenvalue weighted by atomic mass is 9.68. The second-order valence-corrected chi connectivity index (χ2v) is 7.20. The molecular weight excluding hydrogens is 268 g/mol. The van der Waals surface area contributed by atoms with Crippen LogP contribution in [-0.2, 0) is 11.3 Å². The largest absolute Gasteiger partial charge is 0.481 e. The minimum absolute atomic E-state index is 0.163. The van der Waals surface area contributed by atoms with Crippen LogP contribution in [0.4, 0.5) is 0 Å². The molecule has 1 aliphatic rings. The summed E-state index contributed by atoms with van der Waals surface area (Å²) >= 11 is 0. The predicted octanol–water partition coefficient (Wildman–Crippen LogP) is 2.86. The van der Waals surface area contributed by atoms with Gasteiger partial charge < -0.3 is 5.11 Å². The van der Waals surface area contributed by atoms with Crippen LogP contribution in [0, 0.1) is 10.8 Å². The molecule has 0 aliphatic heterocycles. The average Bonchev–Trinajstić information content (AvgIpc) is 2.85. The van der Waals surface area contributed by atoms with Gasteiger partial charge in [-0.15, -0.1) is 5.10 Å². The molecule has 1 N–H and O–H groups in total. The van der Waals surface area contributed by atoms with Gasteiger partial charge in [-0.2, -0.15) is 0 Å². The van der Waals surface area contributed by atoms with Gasteiger partial charge in [0.15, 0.2) is 5.82 Å². The highest BCUT2D eigenvalue weighted by atomic mass is 16.4. The number of aliphatic carboxylic acids is 1. The van der Waals surface area contributed by atoms with Crippen molar-refractivity contribution in [2.24, 2.45) is 10.8 Å². The third-order valence-corrected chi connectivity index (χ3v) is 5.17. The maximum atomic E-state index is 11.5. The van der Waals surface area contributed by atoms with Crippen LogP contribution in [0.25, 0.3) is 0 Å². The predicted molar refractivity (Wildman–Crippen MR) is 78.8 cm³/mol. The Hall–Kier alpha value is -1.46. The molecule has 1 aromatic rings. The van der Waals surface area contributed by atoms with E-state index in [0.29, 0.717) is 18.9 Å². The molecule has 6 nitrogen and oxygen atoms in total. The van der Waals surface area contributed by atoms with Gasteiger partial charge in [0, 0.05) is 5.92 Å². The highest BCUT2D eigenvalue weighted by molar-refractivity contribution is 5.73. The lowest BCUT2D eigenvalue weighted by Crippen LogP contribution is -2.35. The first-order valence-corrected chi connectivity index (χ1v) is 7.79. The number of aromatic nitrogens is 4. The fraction of sp³-hybridized carbons (Fsp3) is 0.867. The van der Waals surface area contributed by atoms with Crippen LogP contribution in [0.2, 0.25) is 0 Å². The maximum absolute atomic E-state index is 11.5. The molecule has 1 fully saturated rings. The van der Waals surface area contributed by atoms with Crippen LogP contribution in [-0.4, -0.2) is 31.3 Å². The molecule has 0 aromatic carbocycles. The molecule has 1 aromatic heterocycles. The van der Waals surface area contributed by atoms with E-state index in [1.54, 1.807) is 11.6 Å². The second kappa shape index (κ2) is 5.73. The first-order valence-electron chi connectivity index (χ1n) is 7.79.